The Labute approximate surface area is 175 Å². The van der Waals surface area contributed by atoms with E-state index in [4.69, 9.17) is 4.98 Å². The number of aromatic nitrogens is 6. The summed E-state index contributed by atoms with van der Waals surface area (Å²) in [5, 5.41) is 12.1. The fourth-order valence-electron chi connectivity index (χ4n) is 4.29. The molecule has 1 aromatic carbocycles. The zero-order valence-corrected chi connectivity index (χ0v) is 17.3. The van der Waals surface area contributed by atoms with Crippen molar-refractivity contribution >= 4 is 16.7 Å². The van der Waals surface area contributed by atoms with Gasteiger partial charge in [0.2, 0.25) is 0 Å². The van der Waals surface area contributed by atoms with Crippen LogP contribution in [0.4, 0.5) is 14.6 Å². The van der Waals surface area contributed by atoms with Crippen LogP contribution in [0.3, 0.4) is 0 Å². The van der Waals surface area contributed by atoms with Gasteiger partial charge in [-0.3, -0.25) is 14.6 Å². The molecule has 1 aliphatic heterocycles. The zero-order chi connectivity index (χ0) is 21.9. The van der Waals surface area contributed by atoms with Gasteiger partial charge in [-0.2, -0.15) is 10.2 Å². The lowest BCUT2D eigenvalue weighted by atomic mass is 10.0. The molecular formula is C21H21F2N7O. The van der Waals surface area contributed by atoms with Gasteiger partial charge in [-0.15, -0.1) is 0 Å². The number of nitrogens with zero attached hydrogens (tertiary/aromatic N) is 5. The first-order valence-corrected chi connectivity index (χ1v) is 9.97. The lowest BCUT2D eigenvalue weighted by Gasteiger charge is -2.29. The lowest BCUT2D eigenvalue weighted by molar-refractivity contribution is 0.145. The fraction of sp³-hybridized carbons (Fsp3) is 0.333. The van der Waals surface area contributed by atoms with Crippen LogP contribution >= 0.6 is 0 Å². The minimum Gasteiger partial charge on any atom is -0.352 e. The van der Waals surface area contributed by atoms with Gasteiger partial charge in [0.15, 0.2) is 0 Å². The molecule has 0 spiro atoms. The predicted molar refractivity (Wildman–Crippen MR) is 112 cm³/mol. The summed E-state index contributed by atoms with van der Waals surface area (Å²) in [6, 6.07) is 5.27. The monoisotopic (exact) mass is 425 g/mol. The zero-order valence-electron chi connectivity index (χ0n) is 17.3. The third kappa shape index (κ3) is 3.09. The van der Waals surface area contributed by atoms with Crippen molar-refractivity contribution < 1.29 is 8.78 Å². The van der Waals surface area contributed by atoms with Crippen molar-refractivity contribution in [1.29, 1.82) is 0 Å². The molecule has 0 unspecified atom stereocenters. The molecule has 160 valence electrons. The van der Waals surface area contributed by atoms with Gasteiger partial charge >= 0.3 is 0 Å². The Kier molecular flexibility index (Phi) is 4.38. The number of halogens is 2. The van der Waals surface area contributed by atoms with Crippen molar-refractivity contribution in [3.63, 3.8) is 0 Å². The number of H-pyrrole nitrogens is 2. The van der Waals surface area contributed by atoms with Crippen LogP contribution in [0.25, 0.3) is 22.3 Å². The van der Waals surface area contributed by atoms with Crippen LogP contribution < -0.4 is 10.5 Å². The summed E-state index contributed by atoms with van der Waals surface area (Å²) < 4.78 is 27.5. The minimum atomic E-state index is -2.64. The summed E-state index contributed by atoms with van der Waals surface area (Å²) in [4.78, 5) is 22.6. The molecule has 4 aromatic rings. The summed E-state index contributed by atoms with van der Waals surface area (Å²) in [6.45, 7) is 4.76. The second-order valence-corrected chi connectivity index (χ2v) is 7.86. The van der Waals surface area contributed by atoms with E-state index in [0.717, 1.165) is 33.4 Å². The third-order valence-corrected chi connectivity index (χ3v) is 5.84. The standard InChI is InChI=1S/C21H21F2N7O/c1-10-4-5-14-18(11(2)26-27-14)17(10)20-24-13-6-7-30(9-12(13)21(31)25-20)16-8-15(19(22)23)28-29(16)3/h4-5,8,19H,6-7,9H2,1-3H3,(H,26,27)(H,24,25,31). The summed E-state index contributed by atoms with van der Waals surface area (Å²) in [5.41, 5.74) is 4.35. The van der Waals surface area contributed by atoms with E-state index in [1.807, 2.05) is 30.9 Å². The number of benzene rings is 1. The maximum absolute atomic E-state index is 13.0. The van der Waals surface area contributed by atoms with Crippen molar-refractivity contribution in [3.8, 4) is 11.4 Å². The van der Waals surface area contributed by atoms with Crippen molar-refractivity contribution in [2.24, 2.45) is 7.05 Å². The first kappa shape index (κ1) is 19.4. The molecule has 1 aliphatic rings. The van der Waals surface area contributed by atoms with Crippen LogP contribution in [0.15, 0.2) is 23.0 Å². The number of nitrogens with one attached hydrogen (secondary N) is 2. The summed E-state index contributed by atoms with van der Waals surface area (Å²) in [6.07, 6.45) is -2.11. The van der Waals surface area contributed by atoms with E-state index in [2.05, 4.69) is 20.3 Å². The number of aryl methyl sites for hydroxylation is 3. The Balaban J connectivity index is 1.56. The van der Waals surface area contributed by atoms with Crippen LogP contribution in [-0.4, -0.2) is 36.5 Å². The van der Waals surface area contributed by atoms with E-state index in [9.17, 15) is 13.6 Å². The Bertz CT molecular complexity index is 1370. The molecule has 4 heterocycles. The molecule has 2 N–H and O–H groups in total. The van der Waals surface area contributed by atoms with Crippen molar-refractivity contribution in [2.75, 3.05) is 11.4 Å². The van der Waals surface area contributed by atoms with Gasteiger partial charge in [-0.25, -0.2) is 13.8 Å². The topological polar surface area (TPSA) is 95.5 Å². The Morgan fingerprint density at radius 1 is 1.23 bits per heavy atom. The van der Waals surface area contributed by atoms with E-state index in [1.54, 1.807) is 7.05 Å². The smallest absolute Gasteiger partial charge is 0.282 e. The minimum absolute atomic E-state index is 0.224. The van der Waals surface area contributed by atoms with Gasteiger partial charge in [-0.1, -0.05) is 6.07 Å². The summed E-state index contributed by atoms with van der Waals surface area (Å²) in [5.74, 6) is 1.07. The Morgan fingerprint density at radius 3 is 2.77 bits per heavy atom. The highest BCUT2D eigenvalue weighted by Gasteiger charge is 2.26. The lowest BCUT2D eigenvalue weighted by Crippen LogP contribution is -2.36. The number of hydrogen-bond donors (Lipinski definition) is 2. The van der Waals surface area contributed by atoms with Gasteiger partial charge in [0.05, 0.1) is 23.3 Å². The van der Waals surface area contributed by atoms with Crippen molar-refractivity contribution in [1.82, 2.24) is 29.9 Å². The SMILES string of the molecule is Cc1ccc2n[nH]c(C)c2c1-c1nc2c(c(=O)[nH]1)CN(c1cc(C(F)F)nn1C)CC2. The number of alkyl halides is 2. The van der Waals surface area contributed by atoms with Gasteiger partial charge in [0, 0.05) is 42.7 Å². The van der Waals surface area contributed by atoms with E-state index >= 15 is 0 Å². The van der Waals surface area contributed by atoms with Crippen LogP contribution in [0, 0.1) is 13.8 Å². The molecule has 5 rings (SSSR count). The van der Waals surface area contributed by atoms with Crippen LogP contribution in [-0.2, 0) is 20.0 Å². The molecule has 0 bridgehead atoms. The second kappa shape index (κ2) is 7.00. The fourth-order valence-corrected chi connectivity index (χ4v) is 4.29. The van der Waals surface area contributed by atoms with Gasteiger partial charge in [0.1, 0.15) is 17.3 Å². The van der Waals surface area contributed by atoms with E-state index in [1.165, 1.54) is 10.7 Å². The van der Waals surface area contributed by atoms with E-state index < -0.39 is 6.43 Å². The van der Waals surface area contributed by atoms with Gasteiger partial charge < -0.3 is 9.88 Å². The third-order valence-electron chi connectivity index (χ3n) is 5.84. The molecule has 3 aromatic heterocycles. The molecule has 0 saturated heterocycles. The van der Waals surface area contributed by atoms with Crippen LogP contribution in [0.1, 0.15) is 34.6 Å². The first-order valence-electron chi connectivity index (χ1n) is 9.97. The van der Waals surface area contributed by atoms with E-state index in [-0.39, 0.29) is 17.8 Å². The summed E-state index contributed by atoms with van der Waals surface area (Å²) in [7, 11) is 1.62. The molecule has 0 atom stereocenters. The Morgan fingerprint density at radius 2 is 2.03 bits per heavy atom. The molecule has 8 nitrogen and oxygen atoms in total. The number of rotatable bonds is 3. The quantitative estimate of drug-likeness (QED) is 0.526. The maximum atomic E-state index is 13.0. The van der Waals surface area contributed by atoms with Gasteiger partial charge in [-0.05, 0) is 25.5 Å². The highest BCUT2D eigenvalue weighted by molar-refractivity contribution is 5.96. The molecule has 0 radical (unpaired) electrons. The van der Waals surface area contributed by atoms with Gasteiger partial charge in [0.25, 0.3) is 12.0 Å². The average Bonchev–Trinajstić information content (AvgIpc) is 3.31. The molecule has 0 fully saturated rings. The highest BCUT2D eigenvalue weighted by atomic mass is 19.3. The first-order chi connectivity index (χ1) is 14.8. The number of aromatic amines is 2. The van der Waals surface area contributed by atoms with Crippen LogP contribution in [0.2, 0.25) is 0 Å². The molecule has 0 aliphatic carbocycles. The molecule has 31 heavy (non-hydrogen) atoms. The predicted octanol–water partition coefficient (Wildman–Crippen LogP) is 3.16. The van der Waals surface area contributed by atoms with Crippen molar-refractivity contribution in [2.45, 2.75) is 33.2 Å². The highest BCUT2D eigenvalue weighted by Crippen LogP contribution is 2.32. The second-order valence-electron chi connectivity index (χ2n) is 7.86. The largest absolute Gasteiger partial charge is 0.352 e. The normalized spacial score (nSPS) is 13.9. The Hall–Kier alpha value is -3.56. The molecule has 0 saturated carbocycles. The van der Waals surface area contributed by atoms with E-state index in [0.29, 0.717) is 30.2 Å². The average molecular weight is 425 g/mol. The number of fused-ring (bicyclic) bond motifs is 2. The number of hydrogen-bond acceptors (Lipinski definition) is 5. The number of anilines is 1. The molecule has 10 heteroatoms. The maximum Gasteiger partial charge on any atom is 0.282 e. The molecule has 0 amide bonds. The molecular weight excluding hydrogens is 404 g/mol. The summed E-state index contributed by atoms with van der Waals surface area (Å²) >= 11 is 0. The van der Waals surface area contributed by atoms with Crippen LogP contribution in [0.5, 0.6) is 0 Å². The van der Waals surface area contributed by atoms with Crippen molar-refractivity contribution in [3.05, 3.63) is 56.8 Å².